The average molecular weight is 372 g/mol. The number of pyridine rings is 1. The van der Waals surface area contributed by atoms with Crippen molar-refractivity contribution in [1.29, 1.82) is 0 Å². The molecule has 4 aromatic rings. The van der Waals surface area contributed by atoms with Crippen LogP contribution in [0.1, 0.15) is 27.2 Å². The van der Waals surface area contributed by atoms with Gasteiger partial charge in [-0.1, -0.05) is 29.8 Å². The molecule has 0 unspecified atom stereocenters. The molecule has 0 bridgehead atoms. The minimum Gasteiger partial charge on any atom is -0.459 e. The maximum Gasteiger partial charge on any atom is 0.294 e. The lowest BCUT2D eigenvalue weighted by Gasteiger charge is -2.23. The van der Waals surface area contributed by atoms with Gasteiger partial charge in [0.1, 0.15) is 0 Å². The number of hydrogen-bond donors (Lipinski definition) is 1. The summed E-state index contributed by atoms with van der Waals surface area (Å²) in [6.45, 7) is 4.08. The van der Waals surface area contributed by atoms with Crippen molar-refractivity contribution in [3.05, 3.63) is 99.7 Å². The van der Waals surface area contributed by atoms with Crippen LogP contribution in [0.4, 0.5) is 5.69 Å². The lowest BCUT2D eigenvalue weighted by Crippen LogP contribution is -2.33. The van der Waals surface area contributed by atoms with Crippen LogP contribution in [0.15, 0.2) is 76.1 Å². The highest BCUT2D eigenvalue weighted by atomic mass is 16.3. The Bertz CT molecular complexity index is 1210. The molecular formula is C23H20N2O3. The molecule has 0 spiro atoms. The van der Waals surface area contributed by atoms with E-state index in [1.54, 1.807) is 17.0 Å². The van der Waals surface area contributed by atoms with Gasteiger partial charge in [-0.05, 0) is 61.2 Å². The van der Waals surface area contributed by atoms with Gasteiger partial charge in [-0.15, -0.1) is 0 Å². The van der Waals surface area contributed by atoms with Crippen molar-refractivity contribution in [3.63, 3.8) is 0 Å². The highest BCUT2D eigenvalue weighted by molar-refractivity contribution is 6.04. The molecule has 28 heavy (non-hydrogen) atoms. The van der Waals surface area contributed by atoms with E-state index < -0.39 is 0 Å². The normalized spacial score (nSPS) is 10.9. The number of carbonyl (C=O) groups is 1. The molecule has 1 N–H and O–H groups in total. The van der Waals surface area contributed by atoms with Gasteiger partial charge in [-0.3, -0.25) is 9.59 Å². The van der Waals surface area contributed by atoms with Crippen molar-refractivity contribution in [3.8, 4) is 0 Å². The van der Waals surface area contributed by atoms with E-state index >= 15 is 0 Å². The molecule has 2 aromatic carbocycles. The number of benzene rings is 2. The second-order valence-electron chi connectivity index (χ2n) is 6.87. The summed E-state index contributed by atoms with van der Waals surface area (Å²) in [5.74, 6) is -0.0562. The number of para-hydroxylation sites is 1. The number of amides is 1. The second kappa shape index (κ2) is 7.19. The Balaban J connectivity index is 1.81. The number of nitrogens with zero attached hydrogens (tertiary/aromatic N) is 1. The first-order valence-electron chi connectivity index (χ1n) is 9.06. The third-order valence-corrected chi connectivity index (χ3v) is 4.79. The van der Waals surface area contributed by atoms with Gasteiger partial charge in [-0.2, -0.15) is 0 Å². The Morgan fingerprint density at radius 1 is 1.04 bits per heavy atom. The zero-order chi connectivity index (χ0) is 19.7. The Morgan fingerprint density at radius 2 is 1.86 bits per heavy atom. The quantitative estimate of drug-likeness (QED) is 0.570. The van der Waals surface area contributed by atoms with Gasteiger partial charge >= 0.3 is 0 Å². The first-order chi connectivity index (χ1) is 13.5. The fraction of sp³-hybridized carbons (Fsp3) is 0.130. The van der Waals surface area contributed by atoms with Crippen molar-refractivity contribution in [1.82, 2.24) is 4.98 Å². The molecule has 5 heteroatoms. The summed E-state index contributed by atoms with van der Waals surface area (Å²) >= 11 is 0. The van der Waals surface area contributed by atoms with Crippen molar-refractivity contribution >= 4 is 22.5 Å². The van der Waals surface area contributed by atoms with Crippen LogP contribution in [0, 0.1) is 13.8 Å². The first-order valence-corrected chi connectivity index (χ1v) is 9.06. The number of aromatic nitrogens is 1. The third-order valence-electron chi connectivity index (χ3n) is 4.79. The van der Waals surface area contributed by atoms with E-state index in [4.69, 9.17) is 4.42 Å². The summed E-state index contributed by atoms with van der Waals surface area (Å²) < 4.78 is 5.31. The molecule has 5 nitrogen and oxygen atoms in total. The first kappa shape index (κ1) is 17.8. The summed E-state index contributed by atoms with van der Waals surface area (Å²) in [6, 6.07) is 18.6. The SMILES string of the molecule is Cc1ccc2[nH]c(=O)c(CN(C(=O)c3ccco3)c3ccccc3C)cc2c1. The Morgan fingerprint density at radius 3 is 2.61 bits per heavy atom. The molecular weight excluding hydrogens is 352 g/mol. The molecule has 0 aliphatic carbocycles. The molecule has 0 fully saturated rings. The molecule has 0 aliphatic heterocycles. The largest absolute Gasteiger partial charge is 0.459 e. The standard InChI is InChI=1S/C23H20N2O3/c1-15-9-10-19-17(12-15)13-18(22(26)24-19)14-25(20-7-4-3-6-16(20)2)23(27)21-8-5-11-28-21/h3-13H,14H2,1-2H3,(H,24,26). The van der Waals surface area contributed by atoms with E-state index in [0.717, 1.165) is 27.7 Å². The predicted octanol–water partition coefficient (Wildman–Crippen LogP) is 4.58. The van der Waals surface area contributed by atoms with Crippen molar-refractivity contribution in [2.75, 3.05) is 4.90 Å². The maximum absolute atomic E-state index is 13.1. The molecule has 2 aromatic heterocycles. The number of fused-ring (bicyclic) bond motifs is 1. The number of rotatable bonds is 4. The van der Waals surface area contributed by atoms with Crippen LogP contribution in [-0.4, -0.2) is 10.9 Å². The smallest absolute Gasteiger partial charge is 0.294 e. The molecule has 0 saturated heterocycles. The van der Waals surface area contributed by atoms with E-state index in [9.17, 15) is 9.59 Å². The molecule has 0 atom stereocenters. The molecule has 0 radical (unpaired) electrons. The van der Waals surface area contributed by atoms with Gasteiger partial charge in [0, 0.05) is 16.8 Å². The Labute approximate surface area is 162 Å². The monoisotopic (exact) mass is 372 g/mol. The van der Waals surface area contributed by atoms with Crippen LogP contribution >= 0.6 is 0 Å². The molecule has 2 heterocycles. The number of aryl methyl sites for hydroxylation is 2. The van der Waals surface area contributed by atoms with Gasteiger partial charge in [0.2, 0.25) is 0 Å². The fourth-order valence-corrected chi connectivity index (χ4v) is 3.32. The van der Waals surface area contributed by atoms with Crippen molar-refractivity contribution in [2.24, 2.45) is 0 Å². The number of furan rings is 1. The molecule has 4 rings (SSSR count). The number of hydrogen-bond acceptors (Lipinski definition) is 3. The van der Waals surface area contributed by atoms with Crippen LogP contribution in [0.5, 0.6) is 0 Å². The van der Waals surface area contributed by atoms with Gasteiger partial charge in [0.05, 0.1) is 12.8 Å². The van der Waals surface area contributed by atoms with Gasteiger partial charge in [0.25, 0.3) is 11.5 Å². The Hall–Kier alpha value is -3.60. The van der Waals surface area contributed by atoms with Gasteiger partial charge < -0.3 is 14.3 Å². The molecule has 0 aliphatic rings. The topological polar surface area (TPSA) is 66.3 Å². The lowest BCUT2D eigenvalue weighted by molar-refractivity contribution is 0.0958. The van der Waals surface area contributed by atoms with E-state index in [1.165, 1.54) is 6.26 Å². The van der Waals surface area contributed by atoms with Crippen LogP contribution < -0.4 is 10.5 Å². The van der Waals surface area contributed by atoms with Gasteiger partial charge in [0.15, 0.2) is 5.76 Å². The number of aromatic amines is 1. The number of nitrogens with one attached hydrogen (secondary N) is 1. The minimum atomic E-state index is -0.289. The summed E-state index contributed by atoms with van der Waals surface area (Å²) in [4.78, 5) is 30.3. The van der Waals surface area contributed by atoms with Crippen LogP contribution in [0.2, 0.25) is 0 Å². The average Bonchev–Trinajstić information content (AvgIpc) is 3.22. The van der Waals surface area contributed by atoms with Crippen molar-refractivity contribution in [2.45, 2.75) is 20.4 Å². The van der Waals surface area contributed by atoms with E-state index in [-0.39, 0.29) is 23.8 Å². The summed E-state index contributed by atoms with van der Waals surface area (Å²) in [5, 5.41) is 0.935. The highest BCUT2D eigenvalue weighted by Gasteiger charge is 2.23. The van der Waals surface area contributed by atoms with Crippen LogP contribution in [0.25, 0.3) is 10.9 Å². The highest BCUT2D eigenvalue weighted by Crippen LogP contribution is 2.24. The maximum atomic E-state index is 13.1. The van der Waals surface area contributed by atoms with E-state index in [2.05, 4.69) is 4.98 Å². The number of anilines is 1. The third kappa shape index (κ3) is 3.34. The van der Waals surface area contributed by atoms with Crippen molar-refractivity contribution < 1.29 is 9.21 Å². The minimum absolute atomic E-state index is 0.142. The predicted molar refractivity (Wildman–Crippen MR) is 110 cm³/mol. The fourth-order valence-electron chi connectivity index (χ4n) is 3.32. The second-order valence-corrected chi connectivity index (χ2v) is 6.87. The number of H-pyrrole nitrogens is 1. The van der Waals surface area contributed by atoms with Gasteiger partial charge in [-0.25, -0.2) is 0 Å². The molecule has 0 saturated carbocycles. The lowest BCUT2D eigenvalue weighted by atomic mass is 10.1. The summed E-state index contributed by atoms with van der Waals surface area (Å²) in [6.07, 6.45) is 1.47. The summed E-state index contributed by atoms with van der Waals surface area (Å²) in [7, 11) is 0. The molecule has 1 amide bonds. The summed E-state index contributed by atoms with van der Waals surface area (Å²) in [5.41, 5.74) is 3.87. The zero-order valence-electron chi connectivity index (χ0n) is 15.7. The molecule has 140 valence electrons. The zero-order valence-corrected chi connectivity index (χ0v) is 15.7. The van der Waals surface area contributed by atoms with Crippen LogP contribution in [-0.2, 0) is 6.54 Å². The van der Waals surface area contributed by atoms with E-state index in [1.807, 2.05) is 62.4 Å². The van der Waals surface area contributed by atoms with Crippen LogP contribution in [0.3, 0.4) is 0 Å². The number of carbonyl (C=O) groups excluding carboxylic acids is 1. The Kier molecular flexibility index (Phi) is 4.57. The van der Waals surface area contributed by atoms with E-state index in [0.29, 0.717) is 5.56 Å².